The Hall–Kier alpha value is -2.69. The van der Waals surface area contributed by atoms with Gasteiger partial charge in [-0.1, -0.05) is 37.0 Å². The third-order valence-electron chi connectivity index (χ3n) is 5.97. The van der Waals surface area contributed by atoms with E-state index in [2.05, 4.69) is 10.3 Å². The third-order valence-corrected chi connectivity index (χ3v) is 7.32. The third kappa shape index (κ3) is 8.41. The zero-order valence-corrected chi connectivity index (χ0v) is 24.0. The summed E-state index contributed by atoms with van der Waals surface area (Å²) in [6.07, 6.45) is 1.26. The van der Waals surface area contributed by atoms with Gasteiger partial charge in [-0.2, -0.15) is 0 Å². The van der Waals surface area contributed by atoms with Crippen LogP contribution in [0.3, 0.4) is 0 Å². The van der Waals surface area contributed by atoms with Gasteiger partial charge in [-0.15, -0.1) is 11.3 Å². The van der Waals surface area contributed by atoms with Crippen LogP contribution in [0.4, 0.5) is 5.13 Å². The molecular formula is C26H32Cl2N4O5S. The molecule has 1 aromatic heterocycles. The first-order chi connectivity index (χ1) is 18.1. The van der Waals surface area contributed by atoms with E-state index in [1.165, 1.54) is 22.3 Å². The topological polar surface area (TPSA) is 109 Å². The molecule has 1 aliphatic rings. The van der Waals surface area contributed by atoms with Crippen LogP contribution in [0.1, 0.15) is 49.7 Å². The first-order valence-electron chi connectivity index (χ1n) is 12.5. The summed E-state index contributed by atoms with van der Waals surface area (Å²) in [6, 6.07) is 4.61. The van der Waals surface area contributed by atoms with Crippen LogP contribution < -0.4 is 5.32 Å². The Kier molecular flexibility index (Phi) is 10.9. The van der Waals surface area contributed by atoms with Crippen LogP contribution in [0.5, 0.6) is 0 Å². The first kappa shape index (κ1) is 29.9. The molecular weight excluding hydrogens is 551 g/mol. The number of likely N-dealkylation sites (tertiary alicyclic amines) is 1. The maximum Gasteiger partial charge on any atom is 0.309 e. The molecule has 3 rings (SSSR count). The van der Waals surface area contributed by atoms with Gasteiger partial charge in [-0.05, 0) is 43.9 Å². The monoisotopic (exact) mass is 582 g/mol. The summed E-state index contributed by atoms with van der Waals surface area (Å²) in [6.45, 7) is 7.19. The number of hydrogen-bond donors (Lipinski definition) is 1. The highest BCUT2D eigenvalue weighted by Crippen LogP contribution is 2.24. The molecule has 0 unspecified atom stereocenters. The molecule has 0 aliphatic carbocycles. The van der Waals surface area contributed by atoms with Gasteiger partial charge in [-0.3, -0.25) is 19.2 Å². The molecule has 1 aromatic carbocycles. The zero-order chi connectivity index (χ0) is 27.8. The Labute approximate surface area is 236 Å². The van der Waals surface area contributed by atoms with Gasteiger partial charge in [0.25, 0.3) is 5.91 Å². The van der Waals surface area contributed by atoms with Crippen molar-refractivity contribution in [1.82, 2.24) is 14.8 Å². The van der Waals surface area contributed by atoms with Gasteiger partial charge in [0.1, 0.15) is 6.54 Å². The number of aromatic nitrogens is 1. The number of nitrogens with one attached hydrogen (secondary N) is 1. The second kappa shape index (κ2) is 13.9. The molecule has 1 N–H and O–H groups in total. The van der Waals surface area contributed by atoms with Crippen molar-refractivity contribution in [2.24, 2.45) is 11.8 Å². The molecule has 1 aliphatic heterocycles. The number of amides is 3. The van der Waals surface area contributed by atoms with Gasteiger partial charge in [0, 0.05) is 30.0 Å². The fourth-order valence-electron chi connectivity index (χ4n) is 4.16. The highest BCUT2D eigenvalue weighted by atomic mass is 35.5. The van der Waals surface area contributed by atoms with Gasteiger partial charge in [0.15, 0.2) is 5.13 Å². The van der Waals surface area contributed by atoms with Crippen LogP contribution >= 0.6 is 34.5 Å². The van der Waals surface area contributed by atoms with Crippen molar-refractivity contribution >= 4 is 63.4 Å². The molecule has 2 heterocycles. The Morgan fingerprint density at radius 2 is 1.92 bits per heavy atom. The van der Waals surface area contributed by atoms with E-state index in [0.717, 1.165) is 0 Å². The van der Waals surface area contributed by atoms with Crippen LogP contribution in [0.25, 0.3) is 0 Å². The van der Waals surface area contributed by atoms with E-state index in [0.29, 0.717) is 54.9 Å². The average Bonchev–Trinajstić information content (AvgIpc) is 3.29. The number of anilines is 1. The maximum atomic E-state index is 13.1. The molecule has 3 amide bonds. The lowest BCUT2D eigenvalue weighted by molar-refractivity contribution is -0.151. The molecule has 0 radical (unpaired) electrons. The number of thiazole rings is 1. The Morgan fingerprint density at radius 3 is 2.55 bits per heavy atom. The summed E-state index contributed by atoms with van der Waals surface area (Å²) < 4.78 is 5.08. The summed E-state index contributed by atoms with van der Waals surface area (Å²) in [4.78, 5) is 58.1. The number of rotatable bonds is 10. The highest BCUT2D eigenvalue weighted by Gasteiger charge is 2.28. The van der Waals surface area contributed by atoms with Crippen molar-refractivity contribution in [2.75, 3.05) is 38.1 Å². The van der Waals surface area contributed by atoms with Crippen LogP contribution in [-0.2, 0) is 25.5 Å². The quantitative estimate of drug-likeness (QED) is 0.412. The summed E-state index contributed by atoms with van der Waals surface area (Å²) in [7, 11) is 0. The molecule has 1 fully saturated rings. The second-order valence-corrected chi connectivity index (χ2v) is 11.2. The number of carbonyl (C=O) groups is 4. The minimum absolute atomic E-state index is 0.0796. The summed E-state index contributed by atoms with van der Waals surface area (Å²) in [5, 5.41) is 5.43. The lowest BCUT2D eigenvalue weighted by Crippen LogP contribution is -2.41. The molecule has 0 bridgehead atoms. The molecule has 0 saturated carbocycles. The predicted molar refractivity (Wildman–Crippen MR) is 148 cm³/mol. The number of hydrogen-bond acceptors (Lipinski definition) is 7. The minimum atomic E-state index is -0.405. The molecule has 38 heavy (non-hydrogen) atoms. The number of nitrogens with zero attached hydrogens (tertiary/aromatic N) is 3. The van der Waals surface area contributed by atoms with Crippen molar-refractivity contribution in [3.63, 3.8) is 0 Å². The Bertz CT molecular complexity index is 1160. The highest BCUT2D eigenvalue weighted by molar-refractivity contribution is 7.13. The first-order valence-corrected chi connectivity index (χ1v) is 14.1. The summed E-state index contributed by atoms with van der Waals surface area (Å²) in [5.41, 5.74) is 0.816. The van der Waals surface area contributed by atoms with Crippen LogP contribution in [0, 0.1) is 11.8 Å². The van der Waals surface area contributed by atoms with Crippen molar-refractivity contribution < 1.29 is 23.9 Å². The smallest absolute Gasteiger partial charge is 0.309 e. The van der Waals surface area contributed by atoms with Crippen molar-refractivity contribution in [3.05, 3.63) is 44.9 Å². The van der Waals surface area contributed by atoms with Crippen molar-refractivity contribution in [3.8, 4) is 0 Å². The van der Waals surface area contributed by atoms with Gasteiger partial charge in [-0.25, -0.2) is 4.98 Å². The van der Waals surface area contributed by atoms with E-state index in [9.17, 15) is 19.2 Å². The molecule has 206 valence electrons. The van der Waals surface area contributed by atoms with Crippen LogP contribution in [0.15, 0.2) is 23.6 Å². The van der Waals surface area contributed by atoms with E-state index >= 15 is 0 Å². The van der Waals surface area contributed by atoms with E-state index in [-0.39, 0.29) is 53.2 Å². The molecule has 12 heteroatoms. The molecule has 2 aromatic rings. The Balaban J connectivity index is 1.55. The molecule has 0 spiro atoms. The molecule has 0 atom stereocenters. The standard InChI is InChI=1S/C26H32Cl2N4O5S/c1-4-37-25(36)17-7-9-31(10-8-17)23(34)12-19-15-38-26(29-19)30-22(33)14-32(13-16(2)3)24(35)20-6-5-18(27)11-21(20)28/h5-6,11,15-17H,4,7-10,12-14H2,1-3H3,(H,29,30,33). The normalized spacial score (nSPS) is 13.9. The van der Waals surface area contributed by atoms with Crippen molar-refractivity contribution in [2.45, 2.75) is 40.0 Å². The maximum absolute atomic E-state index is 13.1. The molecule has 9 nitrogen and oxygen atoms in total. The lowest BCUT2D eigenvalue weighted by Gasteiger charge is -2.30. The van der Waals surface area contributed by atoms with E-state index in [4.69, 9.17) is 27.9 Å². The summed E-state index contributed by atoms with van der Waals surface area (Å²) >= 11 is 13.4. The van der Waals surface area contributed by atoms with E-state index < -0.39 is 5.91 Å². The van der Waals surface area contributed by atoms with Crippen molar-refractivity contribution in [1.29, 1.82) is 0 Å². The number of benzene rings is 1. The van der Waals surface area contributed by atoms with E-state index in [1.807, 2.05) is 13.8 Å². The minimum Gasteiger partial charge on any atom is -0.466 e. The molecule has 1 saturated heterocycles. The largest absolute Gasteiger partial charge is 0.466 e. The van der Waals surface area contributed by atoms with Gasteiger partial charge < -0.3 is 19.9 Å². The van der Waals surface area contributed by atoms with Crippen LogP contribution in [-0.4, -0.2) is 71.3 Å². The number of carbonyl (C=O) groups excluding carboxylic acids is 4. The zero-order valence-electron chi connectivity index (χ0n) is 21.7. The number of ether oxygens (including phenoxy) is 1. The van der Waals surface area contributed by atoms with Gasteiger partial charge in [0.05, 0.1) is 35.2 Å². The number of piperidine rings is 1. The Morgan fingerprint density at radius 1 is 1.21 bits per heavy atom. The average molecular weight is 584 g/mol. The second-order valence-electron chi connectivity index (χ2n) is 9.48. The summed E-state index contributed by atoms with van der Waals surface area (Å²) in [5.74, 6) is -1.10. The van der Waals surface area contributed by atoms with E-state index in [1.54, 1.807) is 29.3 Å². The van der Waals surface area contributed by atoms with Crippen LogP contribution in [0.2, 0.25) is 10.0 Å². The van der Waals surface area contributed by atoms with Gasteiger partial charge >= 0.3 is 5.97 Å². The fourth-order valence-corrected chi connectivity index (χ4v) is 5.38. The number of esters is 1. The lowest BCUT2D eigenvalue weighted by atomic mass is 9.97. The fraction of sp³-hybridized carbons (Fsp3) is 0.500. The number of halogens is 2. The van der Waals surface area contributed by atoms with Gasteiger partial charge in [0.2, 0.25) is 11.8 Å². The predicted octanol–water partition coefficient (Wildman–Crippen LogP) is 4.53. The SMILES string of the molecule is CCOC(=O)C1CCN(C(=O)Cc2csc(NC(=O)CN(CC(C)C)C(=O)c3ccc(Cl)cc3Cl)n2)CC1.